The van der Waals surface area contributed by atoms with E-state index in [0.717, 1.165) is 61.6 Å². The molecule has 9 heteroatoms. The van der Waals surface area contributed by atoms with E-state index in [1.54, 1.807) is 18.2 Å². The Kier molecular flexibility index (Phi) is 10.3. The van der Waals surface area contributed by atoms with Crippen LogP contribution in [0.5, 0.6) is 5.75 Å². The maximum atomic E-state index is 13.1. The fraction of sp³-hybridized carbons (Fsp3) is 0.389. The average molecular weight is 611 g/mol. The van der Waals surface area contributed by atoms with Crippen LogP contribution in [0.25, 0.3) is 0 Å². The van der Waals surface area contributed by atoms with Gasteiger partial charge in [-0.25, -0.2) is 9.78 Å². The Bertz CT molecular complexity index is 1500. The van der Waals surface area contributed by atoms with Gasteiger partial charge in [-0.3, -0.25) is 0 Å². The predicted octanol–water partition coefficient (Wildman–Crippen LogP) is 5.88. The molecular formula is C36H42N4O5. The molecule has 3 aromatic carbocycles. The van der Waals surface area contributed by atoms with Gasteiger partial charge >= 0.3 is 6.09 Å². The first-order valence-electron chi connectivity index (χ1n) is 15.8. The molecule has 2 aliphatic rings. The molecular weight excluding hydrogens is 568 g/mol. The van der Waals surface area contributed by atoms with E-state index in [-0.39, 0.29) is 24.7 Å². The Morgan fingerprint density at radius 2 is 1.82 bits per heavy atom. The monoisotopic (exact) mass is 610 g/mol. The van der Waals surface area contributed by atoms with Gasteiger partial charge in [-0.1, -0.05) is 60.7 Å². The first-order chi connectivity index (χ1) is 22.2. The average Bonchev–Trinajstić information content (AvgIpc) is 3.60. The van der Waals surface area contributed by atoms with Crippen molar-refractivity contribution >= 4 is 11.8 Å². The molecule has 0 aliphatic carbocycles. The first kappa shape index (κ1) is 30.7. The van der Waals surface area contributed by atoms with E-state index in [0.29, 0.717) is 26.3 Å². The summed E-state index contributed by atoms with van der Waals surface area (Å²) >= 11 is 0. The molecule has 1 saturated heterocycles. The third kappa shape index (κ3) is 8.04. The highest BCUT2D eigenvalue weighted by atomic mass is 16.6. The number of carbonyl (C=O) groups excluding carboxylic acids is 1. The summed E-state index contributed by atoms with van der Waals surface area (Å²) < 4.78 is 25.6. The minimum absolute atomic E-state index is 0.150. The number of anilines is 1. The van der Waals surface area contributed by atoms with Crippen LogP contribution in [0.4, 0.5) is 10.5 Å². The number of ether oxygens (including phenoxy) is 4. The second-order valence-corrected chi connectivity index (χ2v) is 11.7. The molecule has 0 spiro atoms. The van der Waals surface area contributed by atoms with E-state index in [4.69, 9.17) is 18.9 Å². The molecule has 1 fully saturated rings. The van der Waals surface area contributed by atoms with Crippen molar-refractivity contribution in [3.63, 3.8) is 0 Å². The Morgan fingerprint density at radius 1 is 0.978 bits per heavy atom. The normalized spacial score (nSPS) is 17.9. The van der Waals surface area contributed by atoms with Crippen LogP contribution in [0.3, 0.4) is 0 Å². The van der Waals surface area contributed by atoms with E-state index in [1.165, 1.54) is 11.1 Å². The number of amides is 1. The molecule has 6 rings (SSSR count). The maximum absolute atomic E-state index is 13.1. The smallest absolute Gasteiger partial charge is 0.410 e. The lowest BCUT2D eigenvalue weighted by molar-refractivity contribution is -0.0246. The quantitative estimate of drug-likeness (QED) is 0.186. The SMILES string of the molecule is COCCCN1CCOc2ccc(COC3CN(C(=O)OCc4ccccc4)CCC3c3ccc(Cn4ccnc4)cc3)cc21. The van der Waals surface area contributed by atoms with Gasteiger partial charge in [-0.05, 0) is 47.2 Å². The lowest BCUT2D eigenvalue weighted by Crippen LogP contribution is -2.47. The minimum atomic E-state index is -0.306. The molecule has 0 saturated carbocycles. The van der Waals surface area contributed by atoms with E-state index >= 15 is 0 Å². The number of methoxy groups -OCH3 is 1. The largest absolute Gasteiger partial charge is 0.490 e. The number of rotatable bonds is 12. The summed E-state index contributed by atoms with van der Waals surface area (Å²) in [6, 6.07) is 24.8. The number of aromatic nitrogens is 2. The van der Waals surface area contributed by atoms with Gasteiger partial charge < -0.3 is 33.3 Å². The van der Waals surface area contributed by atoms with Crippen molar-refractivity contribution in [2.75, 3.05) is 51.4 Å². The second kappa shape index (κ2) is 15.1. The van der Waals surface area contributed by atoms with Crippen LogP contribution >= 0.6 is 0 Å². The highest BCUT2D eigenvalue weighted by Gasteiger charge is 2.34. The van der Waals surface area contributed by atoms with Crippen LogP contribution in [0.15, 0.2) is 91.5 Å². The molecule has 1 amide bonds. The number of imidazole rings is 1. The molecule has 1 aromatic heterocycles. The number of likely N-dealkylation sites (tertiary alicyclic amines) is 1. The third-order valence-corrected chi connectivity index (χ3v) is 8.58. The van der Waals surface area contributed by atoms with E-state index in [9.17, 15) is 4.79 Å². The Morgan fingerprint density at radius 3 is 2.62 bits per heavy atom. The van der Waals surface area contributed by atoms with Crippen LogP contribution in [-0.4, -0.2) is 73.2 Å². The van der Waals surface area contributed by atoms with Crippen LogP contribution in [0.1, 0.15) is 41.0 Å². The zero-order valence-electron chi connectivity index (χ0n) is 25.9. The summed E-state index contributed by atoms with van der Waals surface area (Å²) in [5.74, 6) is 1.05. The second-order valence-electron chi connectivity index (χ2n) is 11.7. The number of hydrogen-bond acceptors (Lipinski definition) is 7. The molecule has 2 unspecified atom stereocenters. The van der Waals surface area contributed by atoms with Crippen molar-refractivity contribution in [3.8, 4) is 5.75 Å². The van der Waals surface area contributed by atoms with Gasteiger partial charge in [0.2, 0.25) is 0 Å². The van der Waals surface area contributed by atoms with Crippen molar-refractivity contribution in [1.82, 2.24) is 14.5 Å². The Balaban J connectivity index is 1.15. The summed E-state index contributed by atoms with van der Waals surface area (Å²) in [6.45, 7) is 5.71. The van der Waals surface area contributed by atoms with Crippen LogP contribution in [-0.2, 0) is 34.0 Å². The van der Waals surface area contributed by atoms with Crippen molar-refractivity contribution < 1.29 is 23.7 Å². The molecule has 4 aromatic rings. The fourth-order valence-corrected chi connectivity index (χ4v) is 6.15. The summed E-state index contributed by atoms with van der Waals surface area (Å²) in [6.07, 6.45) is 6.84. The first-order valence-corrected chi connectivity index (χ1v) is 15.8. The van der Waals surface area contributed by atoms with Crippen LogP contribution < -0.4 is 9.64 Å². The van der Waals surface area contributed by atoms with Gasteiger partial charge in [-0.2, -0.15) is 0 Å². The predicted molar refractivity (Wildman–Crippen MR) is 173 cm³/mol. The molecule has 2 aliphatic heterocycles. The number of piperidine rings is 1. The zero-order valence-corrected chi connectivity index (χ0v) is 25.9. The molecule has 9 nitrogen and oxygen atoms in total. The van der Waals surface area contributed by atoms with E-state index in [2.05, 4.69) is 50.8 Å². The zero-order chi connectivity index (χ0) is 30.8. The molecule has 0 radical (unpaired) electrons. The molecule has 236 valence electrons. The van der Waals surface area contributed by atoms with Gasteiger partial charge in [0, 0.05) is 51.7 Å². The summed E-state index contributed by atoms with van der Waals surface area (Å²) in [7, 11) is 1.74. The van der Waals surface area contributed by atoms with Gasteiger partial charge in [0.15, 0.2) is 0 Å². The van der Waals surface area contributed by atoms with Crippen LogP contribution in [0.2, 0.25) is 0 Å². The van der Waals surface area contributed by atoms with Crippen molar-refractivity contribution in [2.45, 2.75) is 44.6 Å². The lowest BCUT2D eigenvalue weighted by atomic mass is 9.86. The number of carbonyl (C=O) groups is 1. The topological polar surface area (TPSA) is 78.3 Å². The lowest BCUT2D eigenvalue weighted by Gasteiger charge is -2.38. The van der Waals surface area contributed by atoms with Crippen molar-refractivity contribution in [1.29, 1.82) is 0 Å². The van der Waals surface area contributed by atoms with E-state index in [1.807, 2.05) is 48.9 Å². The van der Waals surface area contributed by atoms with Gasteiger partial charge in [0.25, 0.3) is 0 Å². The summed E-state index contributed by atoms with van der Waals surface area (Å²) in [5.41, 5.74) is 5.57. The third-order valence-electron chi connectivity index (χ3n) is 8.58. The molecule has 3 heterocycles. The van der Waals surface area contributed by atoms with Crippen molar-refractivity contribution in [2.24, 2.45) is 0 Å². The van der Waals surface area contributed by atoms with Gasteiger partial charge in [0.1, 0.15) is 19.0 Å². The number of nitrogens with zero attached hydrogens (tertiary/aromatic N) is 4. The standard InChI is InChI=1S/C36H42N4O5/c1-42-20-5-16-39-19-21-43-34-13-10-30(22-33(34)39)26-44-35-24-40(36(41)45-25-29-6-3-2-4-7-29)17-14-32(35)31-11-8-28(9-12-31)23-38-18-15-37-27-38/h2-4,6-13,15,18,22,27,32,35H,5,14,16-17,19-21,23-26H2,1H3. The van der Waals surface area contributed by atoms with E-state index < -0.39 is 0 Å². The number of hydrogen-bond donors (Lipinski definition) is 0. The van der Waals surface area contributed by atoms with Gasteiger partial charge in [0.05, 0.1) is 37.8 Å². The van der Waals surface area contributed by atoms with Crippen LogP contribution in [0, 0.1) is 0 Å². The Hall–Kier alpha value is -4.34. The summed E-state index contributed by atoms with van der Waals surface area (Å²) in [5, 5.41) is 0. The molecule has 0 bridgehead atoms. The fourth-order valence-electron chi connectivity index (χ4n) is 6.15. The molecule has 45 heavy (non-hydrogen) atoms. The molecule has 2 atom stereocenters. The Labute approximate surface area is 265 Å². The van der Waals surface area contributed by atoms with Gasteiger partial charge in [-0.15, -0.1) is 0 Å². The summed E-state index contributed by atoms with van der Waals surface area (Å²) in [4.78, 5) is 21.4. The highest BCUT2D eigenvalue weighted by Crippen LogP contribution is 2.35. The number of benzene rings is 3. The highest BCUT2D eigenvalue weighted by molar-refractivity contribution is 5.68. The van der Waals surface area contributed by atoms with Crippen molar-refractivity contribution in [3.05, 3.63) is 114 Å². The molecule has 0 N–H and O–H groups in total. The minimum Gasteiger partial charge on any atom is -0.490 e. The maximum Gasteiger partial charge on any atom is 0.410 e. The number of fused-ring (bicyclic) bond motifs is 1.